The number of hydrogen-bond acceptors (Lipinski definition) is 20. The van der Waals surface area contributed by atoms with Gasteiger partial charge in [-0.15, -0.1) is 0 Å². The van der Waals surface area contributed by atoms with Crippen molar-refractivity contribution in [2.45, 2.75) is 152 Å². The predicted octanol–water partition coefficient (Wildman–Crippen LogP) is 6.27. The van der Waals surface area contributed by atoms with Crippen LogP contribution in [0.2, 0.25) is 0 Å². The zero-order chi connectivity index (χ0) is 60.7. The highest BCUT2D eigenvalue weighted by Crippen LogP contribution is 2.49. The number of ether oxygens (including phenoxy) is 4. The fourth-order valence-electron chi connectivity index (χ4n) is 8.95. The number of esters is 2. The van der Waals surface area contributed by atoms with Gasteiger partial charge in [0.1, 0.15) is 59.6 Å². The third-order valence-corrected chi connectivity index (χ3v) is 16.9. The Kier molecular flexibility index (Phi) is 22.8. The number of alkyl halides is 2. The molecule has 2 saturated heterocycles. The van der Waals surface area contributed by atoms with E-state index in [-0.39, 0.29) is 55.1 Å². The molecule has 0 aliphatic carbocycles. The number of allylic oxidation sites excluding steroid dienone is 1. The molecule has 4 aromatic rings. The average molecular weight is 1220 g/mol. The second-order valence-corrected chi connectivity index (χ2v) is 23.9. The zero-order valence-corrected chi connectivity index (χ0v) is 48.4. The number of rotatable bonds is 4. The lowest BCUT2D eigenvalue weighted by molar-refractivity contribution is -0.146. The molecule has 0 saturated carbocycles. The Hall–Kier alpha value is -6.58. The monoisotopic (exact) mass is 1220 g/mol. The van der Waals surface area contributed by atoms with Crippen LogP contribution in [0.25, 0.3) is 0 Å². The molecule has 2 aromatic heterocycles. The molecule has 0 spiro atoms. The van der Waals surface area contributed by atoms with Crippen molar-refractivity contribution in [1.82, 2.24) is 29.3 Å². The number of para-hydroxylation sites is 2. The fourth-order valence-corrected chi connectivity index (χ4v) is 12.0. The predicted molar refractivity (Wildman–Crippen MR) is 297 cm³/mol. The summed E-state index contributed by atoms with van der Waals surface area (Å²) in [6.45, 7) is 3.91. The number of benzene rings is 2. The van der Waals surface area contributed by atoms with Crippen LogP contribution in [0, 0.1) is 0 Å². The van der Waals surface area contributed by atoms with Gasteiger partial charge < -0.3 is 48.8 Å². The maximum atomic E-state index is 15.8. The first-order chi connectivity index (χ1) is 40.0. The van der Waals surface area contributed by atoms with Crippen molar-refractivity contribution in [3.05, 3.63) is 118 Å². The number of amides is 2. The minimum absolute atomic E-state index is 0.000332. The summed E-state index contributed by atoms with van der Waals surface area (Å²) in [5.41, 5.74) is -6.85. The highest BCUT2D eigenvalue weighted by molar-refractivity contribution is 7.52. The summed E-state index contributed by atoms with van der Waals surface area (Å²) in [7, 11) is -8.65. The number of carbonyl (C=O) groups is 4. The van der Waals surface area contributed by atoms with Gasteiger partial charge in [0.2, 0.25) is 11.8 Å². The van der Waals surface area contributed by atoms with Crippen LogP contribution in [0.4, 0.5) is 20.4 Å². The molecule has 10 rings (SSSR count). The van der Waals surface area contributed by atoms with Gasteiger partial charge >= 0.3 is 38.8 Å². The van der Waals surface area contributed by atoms with Crippen molar-refractivity contribution in [1.29, 1.82) is 0 Å². The molecule has 6 aliphatic rings. The number of nitrogens with zero attached hydrogens (tertiary/aromatic N) is 4. The van der Waals surface area contributed by atoms with E-state index in [9.17, 15) is 48.1 Å². The van der Waals surface area contributed by atoms with Gasteiger partial charge in [0.15, 0.2) is 23.8 Å². The molecule has 30 heteroatoms. The van der Waals surface area contributed by atoms with E-state index in [0.717, 1.165) is 42.2 Å². The quantitative estimate of drug-likeness (QED) is 0.0744. The standard InChI is InChI=1S/C27H36FN4O9P.C27H34FN4O9P/c2*1-18-24(35)38-16-10-5-3-4-9-13-22(33)29-21-14-15-32(26(36)30-21)25-27(2,28)23(34)20(40-25)17-39-42(37,31-18)41-19-11-7-6-8-12-19/h6-8,11-12,14-15,18,20,23,25,34H,3-5,9-10,13,16-17H2,1-2H3,(H,31,37)(H,29,30,33,36);4,6-9,11-12,14-15,18,20,23,25,34H,3,5,10,13,16-17H2,1-2H3,(H,31,37)(H,29,30,33,36)/t2*18-,20?,23+,25?,27+,42-/m00/s1. The van der Waals surface area contributed by atoms with E-state index >= 15 is 8.78 Å². The Morgan fingerprint density at radius 1 is 0.595 bits per heavy atom. The highest BCUT2D eigenvalue weighted by atomic mass is 31.2. The van der Waals surface area contributed by atoms with Crippen LogP contribution in [-0.4, -0.2) is 127 Å². The molecule has 12 atom stereocenters. The summed E-state index contributed by atoms with van der Waals surface area (Å²) >= 11 is 0. The largest absolute Gasteiger partial charge is 0.465 e. The molecule has 2 aromatic carbocycles. The number of aromatic nitrogens is 4. The van der Waals surface area contributed by atoms with Crippen LogP contribution >= 0.6 is 15.5 Å². The second kappa shape index (κ2) is 29.5. The van der Waals surface area contributed by atoms with Crippen LogP contribution in [0.3, 0.4) is 0 Å². The minimum Gasteiger partial charge on any atom is -0.465 e. The molecule has 2 amide bonds. The number of halogens is 2. The maximum absolute atomic E-state index is 15.8. The number of aliphatic hydroxyl groups excluding tert-OH is 2. The van der Waals surface area contributed by atoms with Crippen molar-refractivity contribution in [3.63, 3.8) is 0 Å². The van der Waals surface area contributed by atoms with E-state index in [4.69, 9.17) is 37.0 Å². The summed E-state index contributed by atoms with van der Waals surface area (Å²) in [4.78, 5) is 82.9. The Labute approximate surface area is 482 Å². The van der Waals surface area contributed by atoms with Crippen LogP contribution in [0.5, 0.6) is 11.5 Å². The maximum Gasteiger partial charge on any atom is 0.459 e. The Balaban J connectivity index is 0.000000241. The number of fused-ring (bicyclic) bond motifs is 33. The molecular formula is C54H70F2N8O18P2. The summed E-state index contributed by atoms with van der Waals surface area (Å²) in [5.74, 6) is -1.84. The van der Waals surface area contributed by atoms with Crippen molar-refractivity contribution >= 4 is 50.9 Å². The zero-order valence-electron chi connectivity index (χ0n) is 46.6. The normalized spacial score (nSPS) is 31.9. The lowest BCUT2D eigenvalue weighted by Crippen LogP contribution is -2.43. The van der Waals surface area contributed by atoms with Crippen molar-refractivity contribution < 1.29 is 84.3 Å². The molecule has 6 aliphatic heterocycles. The van der Waals surface area contributed by atoms with Crippen LogP contribution in [-0.2, 0) is 56.3 Å². The van der Waals surface area contributed by atoms with Crippen LogP contribution in [0.1, 0.15) is 104 Å². The van der Waals surface area contributed by atoms with Crippen molar-refractivity contribution in [2.24, 2.45) is 0 Å². The molecule has 6 N–H and O–H groups in total. The summed E-state index contributed by atoms with van der Waals surface area (Å²) in [6.07, 6.45) is 1.86. The third kappa shape index (κ3) is 17.7. The van der Waals surface area contributed by atoms with Gasteiger partial charge in [-0.2, -0.15) is 20.1 Å². The van der Waals surface area contributed by atoms with E-state index < -0.39 is 118 Å². The molecule has 458 valence electrons. The van der Waals surface area contributed by atoms with E-state index in [0.29, 0.717) is 32.1 Å². The first-order valence-electron chi connectivity index (χ1n) is 27.3. The topological polar surface area (TPSA) is 335 Å². The highest BCUT2D eigenvalue weighted by Gasteiger charge is 2.57. The lowest BCUT2D eigenvalue weighted by atomic mass is 9.98. The molecule has 84 heavy (non-hydrogen) atoms. The summed E-state index contributed by atoms with van der Waals surface area (Å²) in [6, 6.07) is 16.5. The molecule has 4 unspecified atom stereocenters. The first-order valence-corrected chi connectivity index (χ1v) is 30.4. The minimum atomic E-state index is -4.33. The number of nitrogens with one attached hydrogen (secondary N) is 4. The first kappa shape index (κ1) is 65.0. The SMILES string of the molecule is C[C@@H]1N[P@@](=O)(Oc2ccccc2)OCC2OC(n3ccc(nc3=O)NC(=O)CC=CCCCCOC1=O)[C@](C)(F)[C@@H]2O.C[C@@H]1N[P@@](=O)(Oc2ccccc2)OCC2OC(n3ccc(nc3=O)NC(=O)CCCCCCCOC1=O)[C@](C)(F)[C@@H]2O. The van der Waals surface area contributed by atoms with Gasteiger partial charge in [-0.25, -0.2) is 27.5 Å². The smallest absolute Gasteiger partial charge is 0.459 e. The third-order valence-electron chi connectivity index (χ3n) is 13.6. The molecular weight excluding hydrogens is 1150 g/mol. The van der Waals surface area contributed by atoms with E-state index in [1.165, 1.54) is 62.6 Å². The van der Waals surface area contributed by atoms with Gasteiger partial charge in [0, 0.05) is 25.2 Å². The molecule has 0 radical (unpaired) electrons. The second-order valence-electron chi connectivity index (χ2n) is 20.5. The van der Waals surface area contributed by atoms with Crippen LogP contribution < -0.4 is 41.2 Å². The van der Waals surface area contributed by atoms with E-state index in [1.54, 1.807) is 42.5 Å². The molecule has 2 fully saturated rings. The number of carbonyl (C=O) groups excluding carboxylic acids is 4. The number of hydrogen-bond donors (Lipinski definition) is 6. The van der Waals surface area contributed by atoms with Crippen LogP contribution in [0.15, 0.2) is 107 Å². The molecule has 8 bridgehead atoms. The Morgan fingerprint density at radius 2 is 1.02 bits per heavy atom. The van der Waals surface area contributed by atoms with Crippen molar-refractivity contribution in [3.8, 4) is 11.5 Å². The van der Waals surface area contributed by atoms with Gasteiger partial charge in [-0.3, -0.25) is 37.4 Å². The number of anilines is 2. The van der Waals surface area contributed by atoms with Crippen molar-refractivity contribution in [2.75, 3.05) is 37.1 Å². The number of aliphatic hydroxyl groups is 2. The summed E-state index contributed by atoms with van der Waals surface area (Å²) in [5, 5.41) is 31.6. The molecule has 8 heterocycles. The van der Waals surface area contributed by atoms with Gasteiger partial charge in [-0.1, -0.05) is 67.8 Å². The lowest BCUT2D eigenvalue weighted by Gasteiger charge is -2.25. The van der Waals surface area contributed by atoms with Gasteiger partial charge in [0.25, 0.3) is 0 Å². The van der Waals surface area contributed by atoms with E-state index in [2.05, 4.69) is 30.8 Å². The average Bonchev–Trinajstić information content (AvgIpc) is 1.99. The van der Waals surface area contributed by atoms with E-state index in [1.807, 2.05) is 6.08 Å². The Bertz CT molecular complexity index is 3140. The van der Waals surface area contributed by atoms with Gasteiger partial charge in [0.05, 0.1) is 26.4 Å². The molecule has 26 nitrogen and oxygen atoms in total. The summed E-state index contributed by atoms with van der Waals surface area (Å²) < 4.78 is 105. The van der Waals surface area contributed by atoms with Gasteiger partial charge in [-0.05, 0) is 96.2 Å². The Morgan fingerprint density at radius 3 is 1.49 bits per heavy atom. The fraction of sp³-hybridized carbons (Fsp3) is 0.519.